The van der Waals surface area contributed by atoms with Gasteiger partial charge in [0.25, 0.3) is 5.91 Å². The third-order valence-corrected chi connectivity index (χ3v) is 2.73. The van der Waals surface area contributed by atoms with Gasteiger partial charge in [-0.05, 0) is 36.4 Å². The molecular formula is C14H11NO6. The lowest BCUT2D eigenvalue weighted by atomic mass is 10.1. The summed E-state index contributed by atoms with van der Waals surface area (Å²) in [6.45, 7) is 0. The summed E-state index contributed by atoms with van der Waals surface area (Å²) < 4.78 is 0. The third kappa shape index (κ3) is 3.03. The Bertz CT molecular complexity index is 725. The molecule has 2 rings (SSSR count). The molecule has 0 bridgehead atoms. The summed E-state index contributed by atoms with van der Waals surface area (Å²) in [6, 6.07) is 6.98. The number of phenols is 3. The number of carboxylic acid groups (broad SMARTS) is 1. The molecule has 21 heavy (non-hydrogen) atoms. The molecule has 0 aliphatic rings. The molecule has 0 aromatic heterocycles. The maximum atomic E-state index is 11.9. The van der Waals surface area contributed by atoms with Crippen molar-refractivity contribution in [1.82, 2.24) is 0 Å². The number of aromatic hydroxyl groups is 3. The first kappa shape index (κ1) is 14.2. The van der Waals surface area contributed by atoms with Gasteiger partial charge in [0.15, 0.2) is 11.5 Å². The van der Waals surface area contributed by atoms with E-state index in [1.807, 2.05) is 0 Å². The first-order chi connectivity index (χ1) is 9.88. The fraction of sp³-hybridized carbons (Fsp3) is 0. The van der Waals surface area contributed by atoms with Gasteiger partial charge in [-0.2, -0.15) is 0 Å². The summed E-state index contributed by atoms with van der Waals surface area (Å²) in [6.07, 6.45) is 0. The zero-order valence-electron chi connectivity index (χ0n) is 10.6. The van der Waals surface area contributed by atoms with Gasteiger partial charge in [-0.25, -0.2) is 4.79 Å². The second-order valence-corrected chi connectivity index (χ2v) is 4.19. The van der Waals surface area contributed by atoms with Crippen molar-refractivity contribution in [1.29, 1.82) is 0 Å². The SMILES string of the molecule is O=C(O)c1ccc(NC(=O)c2ccc(O)c(O)c2)c(O)c1. The van der Waals surface area contributed by atoms with Crippen LogP contribution in [-0.2, 0) is 0 Å². The third-order valence-electron chi connectivity index (χ3n) is 2.73. The number of nitrogens with one attached hydrogen (secondary N) is 1. The highest BCUT2D eigenvalue weighted by Gasteiger charge is 2.13. The van der Waals surface area contributed by atoms with Crippen LogP contribution < -0.4 is 5.32 Å². The molecule has 0 heterocycles. The van der Waals surface area contributed by atoms with Gasteiger partial charge >= 0.3 is 5.97 Å². The van der Waals surface area contributed by atoms with E-state index in [0.29, 0.717) is 0 Å². The van der Waals surface area contributed by atoms with E-state index in [2.05, 4.69) is 5.32 Å². The Kier molecular flexibility index (Phi) is 3.66. The number of phenolic OH excluding ortho intramolecular Hbond substituents is 3. The summed E-state index contributed by atoms with van der Waals surface area (Å²) in [7, 11) is 0. The average Bonchev–Trinajstić information content (AvgIpc) is 2.43. The molecule has 0 atom stereocenters. The Labute approximate surface area is 118 Å². The molecule has 0 unspecified atom stereocenters. The van der Waals surface area contributed by atoms with Gasteiger partial charge in [-0.15, -0.1) is 0 Å². The van der Waals surface area contributed by atoms with Crippen LogP contribution in [-0.4, -0.2) is 32.3 Å². The number of carboxylic acids is 1. The number of hydrogen-bond donors (Lipinski definition) is 5. The molecule has 0 saturated heterocycles. The number of aromatic carboxylic acids is 1. The van der Waals surface area contributed by atoms with Crippen molar-refractivity contribution in [2.45, 2.75) is 0 Å². The van der Waals surface area contributed by atoms with E-state index in [9.17, 15) is 19.8 Å². The average molecular weight is 289 g/mol. The number of anilines is 1. The van der Waals surface area contributed by atoms with Crippen molar-refractivity contribution >= 4 is 17.6 Å². The molecule has 2 aromatic carbocycles. The number of carbonyl (C=O) groups excluding carboxylic acids is 1. The largest absolute Gasteiger partial charge is 0.506 e. The van der Waals surface area contributed by atoms with Gasteiger partial charge in [0.05, 0.1) is 11.3 Å². The minimum Gasteiger partial charge on any atom is -0.506 e. The quantitative estimate of drug-likeness (QED) is 0.548. The molecule has 0 spiro atoms. The van der Waals surface area contributed by atoms with Gasteiger partial charge in [-0.1, -0.05) is 0 Å². The van der Waals surface area contributed by atoms with E-state index in [1.165, 1.54) is 18.2 Å². The molecule has 0 aliphatic heterocycles. The Morgan fingerprint density at radius 2 is 1.43 bits per heavy atom. The lowest BCUT2D eigenvalue weighted by molar-refractivity contribution is 0.0696. The fourth-order valence-corrected chi connectivity index (χ4v) is 1.63. The van der Waals surface area contributed by atoms with Crippen molar-refractivity contribution in [2.75, 3.05) is 5.32 Å². The van der Waals surface area contributed by atoms with Gasteiger partial charge in [0, 0.05) is 5.56 Å². The number of hydrogen-bond acceptors (Lipinski definition) is 5. The molecule has 0 radical (unpaired) electrons. The normalized spacial score (nSPS) is 10.1. The van der Waals surface area contributed by atoms with Crippen molar-refractivity contribution in [2.24, 2.45) is 0 Å². The Morgan fingerprint density at radius 1 is 0.810 bits per heavy atom. The smallest absolute Gasteiger partial charge is 0.335 e. The van der Waals surface area contributed by atoms with Crippen molar-refractivity contribution in [3.8, 4) is 17.2 Å². The predicted octanol–water partition coefficient (Wildman–Crippen LogP) is 1.75. The Balaban J connectivity index is 2.23. The second-order valence-electron chi connectivity index (χ2n) is 4.19. The molecule has 2 aromatic rings. The highest BCUT2D eigenvalue weighted by atomic mass is 16.4. The molecule has 0 saturated carbocycles. The van der Waals surface area contributed by atoms with Crippen LogP contribution in [0.4, 0.5) is 5.69 Å². The van der Waals surface area contributed by atoms with E-state index in [-0.39, 0.29) is 22.6 Å². The van der Waals surface area contributed by atoms with Crippen molar-refractivity contribution in [3.05, 3.63) is 47.5 Å². The zero-order valence-corrected chi connectivity index (χ0v) is 10.6. The van der Waals surface area contributed by atoms with Crippen LogP contribution in [0, 0.1) is 0 Å². The molecule has 0 fully saturated rings. The van der Waals surface area contributed by atoms with Crippen LogP contribution >= 0.6 is 0 Å². The van der Waals surface area contributed by atoms with Gasteiger partial charge in [0.1, 0.15) is 5.75 Å². The van der Waals surface area contributed by atoms with Crippen LogP contribution in [0.5, 0.6) is 17.2 Å². The van der Waals surface area contributed by atoms with Crippen LogP contribution in [0.3, 0.4) is 0 Å². The summed E-state index contributed by atoms with van der Waals surface area (Å²) in [5.41, 5.74) is -0.0302. The molecule has 7 heteroatoms. The number of rotatable bonds is 3. The summed E-state index contributed by atoms with van der Waals surface area (Å²) in [5, 5.41) is 39.3. The molecule has 7 nitrogen and oxygen atoms in total. The topological polar surface area (TPSA) is 127 Å². The molecular weight excluding hydrogens is 278 g/mol. The molecule has 5 N–H and O–H groups in total. The van der Waals surface area contributed by atoms with Gasteiger partial charge < -0.3 is 25.7 Å². The minimum absolute atomic E-state index is 0.0255. The van der Waals surface area contributed by atoms with Crippen molar-refractivity contribution < 1.29 is 30.0 Å². The Morgan fingerprint density at radius 3 is 2.00 bits per heavy atom. The first-order valence-corrected chi connectivity index (χ1v) is 5.78. The lowest BCUT2D eigenvalue weighted by Crippen LogP contribution is -2.12. The fourth-order valence-electron chi connectivity index (χ4n) is 1.63. The predicted molar refractivity (Wildman–Crippen MR) is 72.8 cm³/mol. The highest BCUT2D eigenvalue weighted by molar-refractivity contribution is 6.05. The Hall–Kier alpha value is -3.22. The van der Waals surface area contributed by atoms with Crippen molar-refractivity contribution in [3.63, 3.8) is 0 Å². The van der Waals surface area contributed by atoms with E-state index in [0.717, 1.165) is 18.2 Å². The number of benzene rings is 2. The maximum Gasteiger partial charge on any atom is 0.335 e. The standard InChI is InChI=1S/C14H11NO6/c16-10-4-2-7(5-12(10)18)13(19)15-9-3-1-8(14(20)21)6-11(9)17/h1-6,16-18H,(H,15,19)(H,20,21). The van der Waals surface area contributed by atoms with Crippen LogP contribution in [0.1, 0.15) is 20.7 Å². The maximum absolute atomic E-state index is 11.9. The summed E-state index contributed by atoms with van der Waals surface area (Å²) in [5.74, 6) is -3.05. The van der Waals surface area contributed by atoms with Crippen LogP contribution in [0.2, 0.25) is 0 Å². The van der Waals surface area contributed by atoms with E-state index in [1.54, 1.807) is 0 Å². The minimum atomic E-state index is -1.20. The van der Waals surface area contributed by atoms with Gasteiger partial charge in [0.2, 0.25) is 0 Å². The second kappa shape index (κ2) is 5.41. The monoisotopic (exact) mass is 289 g/mol. The number of carbonyl (C=O) groups is 2. The molecule has 0 aliphatic carbocycles. The van der Waals surface area contributed by atoms with Crippen LogP contribution in [0.15, 0.2) is 36.4 Å². The molecule has 108 valence electrons. The van der Waals surface area contributed by atoms with E-state index in [4.69, 9.17) is 10.2 Å². The number of amides is 1. The first-order valence-electron chi connectivity index (χ1n) is 5.78. The van der Waals surface area contributed by atoms with Gasteiger partial charge in [-0.3, -0.25) is 4.79 Å². The van der Waals surface area contributed by atoms with E-state index < -0.39 is 23.4 Å². The summed E-state index contributed by atoms with van der Waals surface area (Å²) in [4.78, 5) is 22.6. The van der Waals surface area contributed by atoms with E-state index >= 15 is 0 Å². The highest BCUT2D eigenvalue weighted by Crippen LogP contribution is 2.27. The lowest BCUT2D eigenvalue weighted by Gasteiger charge is -2.08. The summed E-state index contributed by atoms with van der Waals surface area (Å²) >= 11 is 0. The zero-order chi connectivity index (χ0) is 15.6. The molecule has 1 amide bonds. The van der Waals surface area contributed by atoms with Crippen LogP contribution in [0.25, 0.3) is 0 Å².